The molecule has 0 aliphatic heterocycles. The van der Waals surface area contributed by atoms with E-state index in [1.165, 1.54) is 5.39 Å². The summed E-state index contributed by atoms with van der Waals surface area (Å²) in [7, 11) is 0. The van der Waals surface area contributed by atoms with Gasteiger partial charge in [0.05, 0.1) is 17.4 Å². The van der Waals surface area contributed by atoms with Crippen molar-refractivity contribution in [2.24, 2.45) is 0 Å². The Morgan fingerprint density at radius 2 is 1.22 bits per heavy atom. The van der Waals surface area contributed by atoms with Crippen LogP contribution < -0.4 is 0 Å². The molecule has 4 heteroatoms. The molecule has 5 aromatic rings. The summed E-state index contributed by atoms with van der Waals surface area (Å²) in [5.41, 5.74) is 5.39. The molecule has 2 nitrogen and oxygen atoms in total. The summed E-state index contributed by atoms with van der Waals surface area (Å²) in [5.74, 6) is 0. The lowest BCUT2D eigenvalue weighted by Crippen LogP contribution is -1.99. The van der Waals surface area contributed by atoms with Gasteiger partial charge in [0.1, 0.15) is 0 Å². The van der Waals surface area contributed by atoms with Crippen LogP contribution >= 0.6 is 23.2 Å². The fourth-order valence-electron chi connectivity index (χ4n) is 3.63. The van der Waals surface area contributed by atoms with Crippen molar-refractivity contribution in [3.8, 4) is 22.4 Å². The molecule has 130 valence electrons. The van der Waals surface area contributed by atoms with Gasteiger partial charge in [0, 0.05) is 26.6 Å². The third-order valence-electron chi connectivity index (χ3n) is 4.81. The van der Waals surface area contributed by atoms with Crippen LogP contribution in [0.25, 0.3) is 38.7 Å². The molecule has 0 amide bonds. The topological polar surface area (TPSA) is 17.3 Å². The smallest absolute Gasteiger partial charge is 0.0809 e. The van der Waals surface area contributed by atoms with E-state index in [2.05, 4.69) is 41.5 Å². The van der Waals surface area contributed by atoms with E-state index >= 15 is 0 Å². The second-order valence-corrected chi connectivity index (χ2v) is 7.28. The third kappa shape index (κ3) is 2.69. The van der Waals surface area contributed by atoms with Crippen LogP contribution in [-0.4, -0.2) is 9.61 Å². The second-order valence-electron chi connectivity index (χ2n) is 6.41. The molecule has 0 radical (unpaired) electrons. The summed E-state index contributed by atoms with van der Waals surface area (Å²) < 4.78 is 2.01. The van der Waals surface area contributed by atoms with Gasteiger partial charge in [-0.25, -0.2) is 4.52 Å². The lowest BCUT2D eigenvalue weighted by Gasteiger charge is -2.17. The zero-order valence-electron chi connectivity index (χ0n) is 14.2. The SMILES string of the molecule is Clc1ccc(-c2c(-c3ccc(Cl)cc3)n3nccc3c3ccccc23)cc1. The van der Waals surface area contributed by atoms with Crippen molar-refractivity contribution in [1.29, 1.82) is 0 Å². The van der Waals surface area contributed by atoms with Crippen molar-refractivity contribution in [3.63, 3.8) is 0 Å². The van der Waals surface area contributed by atoms with E-state index < -0.39 is 0 Å². The standard InChI is InChI=1S/C23H14Cl2N2/c24-17-9-5-15(6-10-17)22-20-4-2-1-3-19(20)21-13-14-26-27(21)23(22)16-7-11-18(25)12-8-16/h1-14H. The normalized spacial score (nSPS) is 11.3. The number of rotatable bonds is 2. The van der Waals surface area contributed by atoms with Crippen molar-refractivity contribution >= 4 is 39.5 Å². The van der Waals surface area contributed by atoms with Gasteiger partial charge in [-0.3, -0.25) is 0 Å². The van der Waals surface area contributed by atoms with Crippen LogP contribution in [0.5, 0.6) is 0 Å². The number of halogens is 2. The Labute approximate surface area is 166 Å². The van der Waals surface area contributed by atoms with Crippen molar-refractivity contribution in [3.05, 3.63) is 95.1 Å². The highest BCUT2D eigenvalue weighted by molar-refractivity contribution is 6.31. The first kappa shape index (κ1) is 16.4. The van der Waals surface area contributed by atoms with Crippen LogP contribution in [0.1, 0.15) is 0 Å². The minimum atomic E-state index is 0.712. The van der Waals surface area contributed by atoms with E-state index in [1.807, 2.05) is 53.2 Å². The zero-order chi connectivity index (χ0) is 18.4. The number of nitrogens with zero attached hydrogens (tertiary/aromatic N) is 2. The predicted octanol–water partition coefficient (Wildman–Crippen LogP) is 7.13. The number of aromatic nitrogens is 2. The van der Waals surface area contributed by atoms with Gasteiger partial charge in [-0.1, -0.05) is 71.7 Å². The quantitative estimate of drug-likeness (QED) is 0.314. The van der Waals surface area contributed by atoms with Gasteiger partial charge < -0.3 is 0 Å². The zero-order valence-corrected chi connectivity index (χ0v) is 15.7. The number of fused-ring (bicyclic) bond motifs is 3. The predicted molar refractivity (Wildman–Crippen MR) is 114 cm³/mol. The van der Waals surface area contributed by atoms with Gasteiger partial charge in [0.2, 0.25) is 0 Å². The average Bonchev–Trinajstić information content (AvgIpc) is 3.18. The molecule has 0 unspecified atom stereocenters. The fraction of sp³-hybridized carbons (Fsp3) is 0. The molecule has 0 spiro atoms. The minimum absolute atomic E-state index is 0.712. The van der Waals surface area contributed by atoms with E-state index in [1.54, 1.807) is 0 Å². The second kappa shape index (κ2) is 6.41. The highest BCUT2D eigenvalue weighted by Gasteiger charge is 2.18. The Balaban J connectivity index is 1.98. The van der Waals surface area contributed by atoms with Gasteiger partial charge in [-0.2, -0.15) is 5.10 Å². The van der Waals surface area contributed by atoms with Crippen molar-refractivity contribution in [2.75, 3.05) is 0 Å². The summed E-state index contributed by atoms with van der Waals surface area (Å²) in [6.45, 7) is 0. The highest BCUT2D eigenvalue weighted by atomic mass is 35.5. The van der Waals surface area contributed by atoms with Crippen molar-refractivity contribution in [1.82, 2.24) is 9.61 Å². The van der Waals surface area contributed by atoms with E-state index in [0.717, 1.165) is 38.3 Å². The minimum Gasteiger partial charge on any atom is -0.232 e. The molecule has 5 rings (SSSR count). The van der Waals surface area contributed by atoms with Crippen LogP contribution in [0.15, 0.2) is 85.1 Å². The Hall–Kier alpha value is -2.81. The molecular formula is C23H14Cl2N2. The first-order chi connectivity index (χ1) is 13.2. The Bertz CT molecular complexity index is 1270. The lowest BCUT2D eigenvalue weighted by molar-refractivity contribution is 0.976. The molecule has 0 saturated carbocycles. The summed E-state index contributed by atoms with van der Waals surface area (Å²) in [6, 6.07) is 26.3. The van der Waals surface area contributed by atoms with Gasteiger partial charge >= 0.3 is 0 Å². The Morgan fingerprint density at radius 3 is 1.89 bits per heavy atom. The number of pyridine rings is 1. The lowest BCUT2D eigenvalue weighted by atomic mass is 9.93. The number of benzene rings is 3. The summed E-state index contributed by atoms with van der Waals surface area (Å²) in [6.07, 6.45) is 1.84. The summed E-state index contributed by atoms with van der Waals surface area (Å²) >= 11 is 12.3. The van der Waals surface area contributed by atoms with E-state index in [9.17, 15) is 0 Å². The van der Waals surface area contributed by atoms with Crippen LogP contribution in [0.3, 0.4) is 0 Å². The monoisotopic (exact) mass is 388 g/mol. The molecule has 0 fully saturated rings. The third-order valence-corrected chi connectivity index (χ3v) is 5.32. The molecule has 2 heterocycles. The highest BCUT2D eigenvalue weighted by Crippen LogP contribution is 2.40. The van der Waals surface area contributed by atoms with Gasteiger partial charge in [-0.15, -0.1) is 0 Å². The van der Waals surface area contributed by atoms with Gasteiger partial charge in [0.25, 0.3) is 0 Å². The van der Waals surface area contributed by atoms with Gasteiger partial charge in [-0.05, 0) is 41.3 Å². The van der Waals surface area contributed by atoms with Gasteiger partial charge in [0.15, 0.2) is 0 Å². The first-order valence-electron chi connectivity index (χ1n) is 8.63. The molecule has 0 aliphatic rings. The first-order valence-corrected chi connectivity index (χ1v) is 9.38. The van der Waals surface area contributed by atoms with E-state index in [4.69, 9.17) is 23.2 Å². The van der Waals surface area contributed by atoms with Crippen molar-refractivity contribution in [2.45, 2.75) is 0 Å². The summed E-state index contributed by atoms with van der Waals surface area (Å²) in [5, 5.41) is 8.40. The molecular weight excluding hydrogens is 375 g/mol. The largest absolute Gasteiger partial charge is 0.232 e. The van der Waals surface area contributed by atoms with E-state index in [-0.39, 0.29) is 0 Å². The van der Waals surface area contributed by atoms with Crippen LogP contribution in [0.2, 0.25) is 10.0 Å². The molecule has 0 bridgehead atoms. The number of hydrogen-bond acceptors (Lipinski definition) is 1. The Kier molecular flexibility index (Phi) is 3.89. The van der Waals surface area contributed by atoms with Crippen LogP contribution in [0, 0.1) is 0 Å². The molecule has 0 saturated heterocycles. The molecule has 0 N–H and O–H groups in total. The maximum atomic E-state index is 6.14. The molecule has 0 atom stereocenters. The maximum Gasteiger partial charge on any atom is 0.0809 e. The fourth-order valence-corrected chi connectivity index (χ4v) is 3.88. The number of hydrogen-bond donors (Lipinski definition) is 0. The molecule has 3 aromatic carbocycles. The van der Waals surface area contributed by atoms with E-state index in [0.29, 0.717) is 5.02 Å². The maximum absolute atomic E-state index is 6.14. The summed E-state index contributed by atoms with van der Waals surface area (Å²) in [4.78, 5) is 0. The molecule has 0 aliphatic carbocycles. The molecule has 27 heavy (non-hydrogen) atoms. The van der Waals surface area contributed by atoms with Crippen LogP contribution in [0.4, 0.5) is 0 Å². The average molecular weight is 389 g/mol. The van der Waals surface area contributed by atoms with Crippen LogP contribution in [-0.2, 0) is 0 Å². The molecule has 2 aromatic heterocycles. The Morgan fingerprint density at radius 1 is 0.630 bits per heavy atom. The van der Waals surface area contributed by atoms with Crippen molar-refractivity contribution < 1.29 is 0 Å².